The van der Waals surface area contributed by atoms with Crippen molar-refractivity contribution in [2.24, 2.45) is 0 Å². The van der Waals surface area contributed by atoms with Gasteiger partial charge in [-0.25, -0.2) is 14.4 Å². The van der Waals surface area contributed by atoms with Gasteiger partial charge >= 0.3 is 27.0 Å². The normalized spacial score (nSPS) is 11.9. The molecule has 0 spiro atoms. The van der Waals surface area contributed by atoms with Crippen LogP contribution in [-0.2, 0) is 32.3 Å². The van der Waals surface area contributed by atoms with Crippen LogP contribution in [0.25, 0.3) is 0 Å². The van der Waals surface area contributed by atoms with Crippen molar-refractivity contribution >= 4 is 27.0 Å². The van der Waals surface area contributed by atoms with Crippen molar-refractivity contribution in [3.63, 3.8) is 0 Å². The van der Waals surface area contributed by atoms with Crippen LogP contribution in [0.1, 0.15) is 41.0 Å². The molecule has 0 rings (SSSR count). The van der Waals surface area contributed by atoms with Gasteiger partial charge in [0.25, 0.3) is 0 Å². The predicted octanol–water partition coefficient (Wildman–Crippen LogP) is 2.39. The first kappa shape index (κ1) is 29.8. The Balaban J connectivity index is 4.06. The third-order valence-electron chi connectivity index (χ3n) is 3.73. The van der Waals surface area contributed by atoms with E-state index in [2.05, 4.69) is 17.2 Å². The number of carbonyl (C=O) groups excluding carboxylic acids is 3. The lowest BCUT2D eigenvalue weighted by Crippen LogP contribution is -2.46. The summed E-state index contributed by atoms with van der Waals surface area (Å²) < 4.78 is 32.2. The molecule has 0 saturated carbocycles. The van der Waals surface area contributed by atoms with Crippen LogP contribution in [-0.4, -0.2) is 79.2 Å². The first-order valence-electron chi connectivity index (χ1n) is 10.8. The Bertz CT molecular complexity index is 572. The highest BCUT2D eigenvalue weighted by atomic mass is 28.4. The van der Waals surface area contributed by atoms with Gasteiger partial charge in [0.05, 0.1) is 6.54 Å². The molecule has 0 radical (unpaired) electrons. The summed E-state index contributed by atoms with van der Waals surface area (Å²) in [6.07, 6.45) is -1.38. The molecule has 0 saturated heterocycles. The summed E-state index contributed by atoms with van der Waals surface area (Å²) in [7, 11) is -2.74. The van der Waals surface area contributed by atoms with Crippen LogP contribution in [0.3, 0.4) is 0 Å². The average Bonchev–Trinajstić information content (AvgIpc) is 2.73. The fraction of sp³-hybridized carbons (Fsp3) is 0.750. The van der Waals surface area contributed by atoms with E-state index >= 15 is 0 Å². The van der Waals surface area contributed by atoms with Gasteiger partial charge in [-0.3, -0.25) is 0 Å². The summed E-state index contributed by atoms with van der Waals surface area (Å²) in [6.45, 7) is 14.0. The summed E-state index contributed by atoms with van der Waals surface area (Å²) in [5.41, 5.74) is 0.274. The van der Waals surface area contributed by atoms with Gasteiger partial charge in [-0.05, 0) is 41.0 Å². The van der Waals surface area contributed by atoms with E-state index in [1.165, 1.54) is 6.92 Å². The maximum Gasteiger partial charge on any atom is 0.500 e. The zero-order valence-corrected chi connectivity index (χ0v) is 20.8. The van der Waals surface area contributed by atoms with Gasteiger partial charge < -0.3 is 38.1 Å². The number of amides is 2. The number of alkyl carbamates (subject to hydrolysis) is 2. The molecule has 1 unspecified atom stereocenters. The molecule has 1 atom stereocenters. The standard InChI is InChI=1S/C20H38N2O9Si/c1-7-28-32(29-8-2,30-9-3)14-10-11-21-20(25)31-17(6)15-27-19(24)22-12-13-26-18(23)16(4)5/h17H,4,7-15H2,1-3,5-6H3,(H,21,25)(H,22,24). The zero-order valence-electron chi connectivity index (χ0n) is 19.8. The number of rotatable bonds is 17. The van der Waals surface area contributed by atoms with Crippen LogP contribution < -0.4 is 10.6 Å². The second-order valence-corrected chi connectivity index (χ2v) is 9.40. The Morgan fingerprint density at radius 2 is 1.47 bits per heavy atom. The van der Waals surface area contributed by atoms with Crippen LogP contribution in [0.15, 0.2) is 12.2 Å². The number of nitrogens with one attached hydrogen (secondary N) is 2. The molecule has 0 aromatic carbocycles. The predicted molar refractivity (Wildman–Crippen MR) is 119 cm³/mol. The highest BCUT2D eigenvalue weighted by Gasteiger charge is 2.39. The van der Waals surface area contributed by atoms with E-state index in [9.17, 15) is 14.4 Å². The third-order valence-corrected chi connectivity index (χ3v) is 6.88. The number of carbonyl (C=O) groups is 3. The maximum atomic E-state index is 11.9. The van der Waals surface area contributed by atoms with Gasteiger partial charge in [0.1, 0.15) is 19.3 Å². The fourth-order valence-corrected chi connectivity index (χ4v) is 5.03. The van der Waals surface area contributed by atoms with Gasteiger partial charge in [-0.15, -0.1) is 0 Å². The quantitative estimate of drug-likeness (QED) is 0.106. The molecule has 0 aromatic heterocycles. The topological polar surface area (TPSA) is 131 Å². The SMILES string of the molecule is C=C(C)C(=O)OCCNC(=O)OCC(C)OC(=O)NCCC[Si](OCC)(OCC)OCC. The molecule has 0 fully saturated rings. The Kier molecular flexibility index (Phi) is 16.2. The molecular weight excluding hydrogens is 440 g/mol. The monoisotopic (exact) mass is 478 g/mol. The Hall–Kier alpha value is -2.15. The second-order valence-electron chi connectivity index (χ2n) is 6.67. The minimum Gasteiger partial charge on any atom is -0.460 e. The van der Waals surface area contributed by atoms with Crippen LogP contribution in [0.4, 0.5) is 9.59 Å². The van der Waals surface area contributed by atoms with E-state index in [-0.39, 0.29) is 25.3 Å². The van der Waals surface area contributed by atoms with Crippen molar-refractivity contribution in [3.8, 4) is 0 Å². The maximum absolute atomic E-state index is 11.9. The van der Waals surface area contributed by atoms with Crippen LogP contribution >= 0.6 is 0 Å². The molecule has 11 nitrogen and oxygen atoms in total. The molecule has 12 heteroatoms. The van der Waals surface area contributed by atoms with E-state index in [0.717, 1.165) is 0 Å². The highest BCUT2D eigenvalue weighted by Crippen LogP contribution is 2.17. The molecule has 0 aliphatic rings. The zero-order chi connectivity index (χ0) is 24.4. The summed E-state index contributed by atoms with van der Waals surface area (Å²) in [5.74, 6) is -0.532. The smallest absolute Gasteiger partial charge is 0.460 e. The summed E-state index contributed by atoms with van der Waals surface area (Å²) >= 11 is 0. The van der Waals surface area contributed by atoms with Crippen molar-refractivity contribution < 1.29 is 41.9 Å². The van der Waals surface area contributed by atoms with Crippen molar-refractivity contribution in [2.75, 3.05) is 46.1 Å². The fourth-order valence-electron chi connectivity index (χ4n) is 2.42. The highest BCUT2D eigenvalue weighted by molar-refractivity contribution is 6.60. The number of hydrogen-bond donors (Lipinski definition) is 2. The largest absolute Gasteiger partial charge is 0.500 e. The van der Waals surface area contributed by atoms with Gasteiger partial charge in [-0.1, -0.05) is 6.58 Å². The molecular formula is C20H38N2O9Si. The van der Waals surface area contributed by atoms with Crippen LogP contribution in [0, 0.1) is 0 Å². The minimum absolute atomic E-state index is 0.00468. The molecule has 0 aliphatic heterocycles. The first-order chi connectivity index (χ1) is 15.2. The lowest BCUT2D eigenvalue weighted by atomic mass is 10.4. The molecule has 0 heterocycles. The average molecular weight is 479 g/mol. The van der Waals surface area contributed by atoms with Crippen molar-refractivity contribution in [2.45, 2.75) is 53.2 Å². The van der Waals surface area contributed by atoms with Gasteiger partial charge in [-0.2, -0.15) is 0 Å². The number of ether oxygens (including phenoxy) is 3. The van der Waals surface area contributed by atoms with Gasteiger partial charge in [0.2, 0.25) is 0 Å². The van der Waals surface area contributed by atoms with E-state index in [1.807, 2.05) is 20.8 Å². The molecule has 0 aromatic rings. The molecule has 0 aliphatic carbocycles. The molecule has 32 heavy (non-hydrogen) atoms. The van der Waals surface area contributed by atoms with Crippen molar-refractivity contribution in [1.82, 2.24) is 10.6 Å². The second kappa shape index (κ2) is 17.4. The lowest BCUT2D eigenvalue weighted by molar-refractivity contribution is -0.138. The Morgan fingerprint density at radius 3 is 2.00 bits per heavy atom. The van der Waals surface area contributed by atoms with Crippen molar-refractivity contribution in [1.29, 1.82) is 0 Å². The van der Waals surface area contributed by atoms with Gasteiger partial charge in [0.15, 0.2) is 0 Å². The minimum atomic E-state index is -2.74. The Labute approximate surface area is 191 Å². The molecule has 2 amide bonds. The number of hydrogen-bond acceptors (Lipinski definition) is 9. The third kappa shape index (κ3) is 14.0. The summed E-state index contributed by atoms with van der Waals surface area (Å²) in [6, 6.07) is 0.573. The Morgan fingerprint density at radius 1 is 0.906 bits per heavy atom. The molecule has 0 bridgehead atoms. The molecule has 2 N–H and O–H groups in total. The molecule has 186 valence electrons. The van der Waals surface area contributed by atoms with Crippen LogP contribution in [0.2, 0.25) is 6.04 Å². The lowest BCUT2D eigenvalue weighted by Gasteiger charge is -2.28. The van der Waals surface area contributed by atoms with E-state index < -0.39 is 33.1 Å². The van der Waals surface area contributed by atoms with E-state index in [1.54, 1.807) is 6.92 Å². The van der Waals surface area contributed by atoms with Gasteiger partial charge in [0, 0.05) is 38.0 Å². The van der Waals surface area contributed by atoms with Crippen molar-refractivity contribution in [3.05, 3.63) is 12.2 Å². The van der Waals surface area contributed by atoms with E-state index in [0.29, 0.717) is 38.8 Å². The first-order valence-corrected chi connectivity index (χ1v) is 12.7. The summed E-state index contributed by atoms with van der Waals surface area (Å²) in [4.78, 5) is 34.7. The van der Waals surface area contributed by atoms with Crippen LogP contribution in [0.5, 0.6) is 0 Å². The summed E-state index contributed by atoms with van der Waals surface area (Å²) in [5, 5.41) is 5.06. The number of esters is 1. The van der Waals surface area contributed by atoms with E-state index in [4.69, 9.17) is 27.5 Å².